The van der Waals surface area contributed by atoms with Crippen molar-refractivity contribution in [2.24, 2.45) is 0 Å². The molecule has 126 valence electrons. The predicted molar refractivity (Wildman–Crippen MR) is 91.1 cm³/mol. The Morgan fingerprint density at radius 3 is 2.83 bits per heavy atom. The fourth-order valence-electron chi connectivity index (χ4n) is 2.76. The summed E-state index contributed by atoms with van der Waals surface area (Å²) in [5.41, 5.74) is 1.72. The number of fused-ring (bicyclic) bond motifs is 1. The van der Waals surface area contributed by atoms with E-state index in [0.717, 1.165) is 12.2 Å². The van der Waals surface area contributed by atoms with Crippen molar-refractivity contribution in [2.75, 3.05) is 20.3 Å². The van der Waals surface area contributed by atoms with E-state index in [-0.39, 0.29) is 12.0 Å². The smallest absolute Gasteiger partial charge is 0.251 e. The van der Waals surface area contributed by atoms with Crippen LogP contribution in [0.4, 0.5) is 0 Å². The van der Waals surface area contributed by atoms with Crippen molar-refractivity contribution < 1.29 is 19.0 Å². The summed E-state index contributed by atoms with van der Waals surface area (Å²) in [6, 6.07) is 13.1. The Morgan fingerprint density at radius 1 is 1.25 bits per heavy atom. The van der Waals surface area contributed by atoms with Crippen molar-refractivity contribution in [1.29, 1.82) is 0 Å². The Bertz CT molecular complexity index is 704. The number of hydrogen-bond donors (Lipinski definition) is 1. The van der Waals surface area contributed by atoms with Crippen molar-refractivity contribution in [3.8, 4) is 17.2 Å². The second-order valence-corrected chi connectivity index (χ2v) is 5.56. The molecule has 1 N–H and O–H groups in total. The summed E-state index contributed by atoms with van der Waals surface area (Å²) in [5.74, 6) is 1.93. The first-order valence-corrected chi connectivity index (χ1v) is 8.05. The van der Waals surface area contributed by atoms with Gasteiger partial charge >= 0.3 is 0 Å². The molecular weight excluding hydrogens is 306 g/mol. The quantitative estimate of drug-likeness (QED) is 0.886. The molecule has 5 nitrogen and oxygen atoms in total. The summed E-state index contributed by atoms with van der Waals surface area (Å²) in [4.78, 5) is 12.4. The first-order chi connectivity index (χ1) is 11.7. The van der Waals surface area contributed by atoms with Gasteiger partial charge < -0.3 is 19.5 Å². The maximum Gasteiger partial charge on any atom is 0.251 e. The van der Waals surface area contributed by atoms with E-state index in [1.165, 1.54) is 5.56 Å². The molecule has 24 heavy (non-hydrogen) atoms. The maximum atomic E-state index is 12.4. The summed E-state index contributed by atoms with van der Waals surface area (Å²) >= 11 is 0. The fraction of sp³-hybridized carbons (Fsp3) is 0.316. The molecule has 1 amide bonds. The minimum absolute atomic E-state index is 0.0315. The lowest BCUT2D eigenvalue weighted by molar-refractivity contribution is 0.0933. The Hall–Kier alpha value is -2.69. The zero-order valence-corrected chi connectivity index (χ0v) is 13.9. The van der Waals surface area contributed by atoms with Crippen LogP contribution in [0.1, 0.15) is 22.8 Å². The monoisotopic (exact) mass is 327 g/mol. The van der Waals surface area contributed by atoms with Gasteiger partial charge in [-0.3, -0.25) is 4.79 Å². The molecule has 0 aromatic heterocycles. The predicted octanol–water partition coefficient (Wildman–Crippen LogP) is 2.83. The van der Waals surface area contributed by atoms with Crippen molar-refractivity contribution >= 4 is 5.91 Å². The van der Waals surface area contributed by atoms with Crippen molar-refractivity contribution in [3.05, 3.63) is 53.6 Å². The molecular formula is C19H21NO4. The van der Waals surface area contributed by atoms with Gasteiger partial charge in [-0.15, -0.1) is 0 Å². The summed E-state index contributed by atoms with van der Waals surface area (Å²) < 4.78 is 16.6. The molecule has 1 heterocycles. The third-order valence-electron chi connectivity index (χ3n) is 3.93. The molecule has 0 saturated carbocycles. The highest BCUT2D eigenvalue weighted by Gasteiger charge is 2.23. The number of ether oxygens (including phenoxy) is 3. The van der Waals surface area contributed by atoms with Crippen molar-refractivity contribution in [3.63, 3.8) is 0 Å². The van der Waals surface area contributed by atoms with Crippen molar-refractivity contribution in [2.45, 2.75) is 19.4 Å². The minimum Gasteiger partial charge on any atom is -0.493 e. The van der Waals surface area contributed by atoms with E-state index in [2.05, 4.69) is 11.4 Å². The van der Waals surface area contributed by atoms with E-state index >= 15 is 0 Å². The van der Waals surface area contributed by atoms with Gasteiger partial charge in [0.05, 0.1) is 20.3 Å². The second-order valence-electron chi connectivity index (χ2n) is 5.56. The third-order valence-corrected chi connectivity index (χ3v) is 3.93. The van der Waals surface area contributed by atoms with Crippen LogP contribution in [0.25, 0.3) is 0 Å². The van der Waals surface area contributed by atoms with Crippen LogP contribution in [0.3, 0.4) is 0 Å². The number of hydrogen-bond acceptors (Lipinski definition) is 4. The Balaban J connectivity index is 1.61. The highest BCUT2D eigenvalue weighted by Crippen LogP contribution is 2.29. The number of nitrogens with one attached hydrogen (secondary N) is 1. The van der Waals surface area contributed by atoms with Crippen molar-refractivity contribution in [1.82, 2.24) is 5.32 Å². The second kappa shape index (κ2) is 7.25. The van der Waals surface area contributed by atoms with Crippen LogP contribution in [-0.2, 0) is 6.42 Å². The van der Waals surface area contributed by atoms with Gasteiger partial charge in [-0.1, -0.05) is 18.2 Å². The van der Waals surface area contributed by atoms with Gasteiger partial charge in [0.2, 0.25) is 0 Å². The van der Waals surface area contributed by atoms with Gasteiger partial charge in [0.25, 0.3) is 5.91 Å². The highest BCUT2D eigenvalue weighted by molar-refractivity contribution is 5.94. The molecule has 0 spiro atoms. The lowest BCUT2D eigenvalue weighted by Gasteiger charge is -2.13. The highest BCUT2D eigenvalue weighted by atomic mass is 16.5. The topological polar surface area (TPSA) is 56.8 Å². The number of benzene rings is 2. The molecule has 1 aliphatic heterocycles. The molecule has 0 radical (unpaired) electrons. The van der Waals surface area contributed by atoms with E-state index in [1.54, 1.807) is 25.3 Å². The molecule has 0 bridgehead atoms. The van der Waals surface area contributed by atoms with E-state index in [1.807, 2.05) is 25.1 Å². The molecule has 1 atom stereocenters. The van der Waals surface area contributed by atoms with Gasteiger partial charge in [-0.05, 0) is 36.8 Å². The molecule has 0 fully saturated rings. The lowest BCUT2D eigenvalue weighted by Crippen LogP contribution is -2.34. The Labute approximate surface area is 141 Å². The Morgan fingerprint density at radius 2 is 2.08 bits per heavy atom. The number of amides is 1. The van der Waals surface area contributed by atoms with Gasteiger partial charge in [-0.25, -0.2) is 0 Å². The van der Waals surface area contributed by atoms with Gasteiger partial charge in [0.1, 0.15) is 11.9 Å². The first kappa shape index (κ1) is 16.2. The molecule has 0 aliphatic carbocycles. The standard InChI is InChI=1S/C19H21NO4/c1-3-23-18-11-14(8-9-17(18)22-2)19(21)20-12-15-10-13-6-4-5-7-16(13)24-15/h4-9,11,15H,3,10,12H2,1-2H3,(H,20,21). The molecule has 5 heteroatoms. The summed E-state index contributed by atoms with van der Waals surface area (Å²) in [6.45, 7) is 2.86. The zero-order chi connectivity index (χ0) is 16.9. The van der Waals surface area contributed by atoms with Crippen LogP contribution in [-0.4, -0.2) is 32.3 Å². The number of carbonyl (C=O) groups excluding carboxylic acids is 1. The Kier molecular flexibility index (Phi) is 4.89. The van der Waals surface area contributed by atoms with E-state index < -0.39 is 0 Å². The van der Waals surface area contributed by atoms with Crippen LogP contribution in [0.15, 0.2) is 42.5 Å². The van der Waals surface area contributed by atoms with Gasteiger partial charge in [-0.2, -0.15) is 0 Å². The van der Waals surface area contributed by atoms with Crippen LogP contribution in [0, 0.1) is 0 Å². The SMILES string of the molecule is CCOc1cc(C(=O)NCC2Cc3ccccc3O2)ccc1OC. The minimum atomic E-state index is -0.154. The molecule has 0 saturated heterocycles. The maximum absolute atomic E-state index is 12.4. The molecule has 3 rings (SSSR count). The van der Waals surface area contributed by atoms with Gasteiger partial charge in [0, 0.05) is 12.0 Å². The average Bonchev–Trinajstić information content (AvgIpc) is 3.03. The summed E-state index contributed by atoms with van der Waals surface area (Å²) in [6.07, 6.45) is 0.777. The number of carbonyl (C=O) groups is 1. The zero-order valence-electron chi connectivity index (χ0n) is 13.9. The molecule has 2 aromatic carbocycles. The molecule has 2 aromatic rings. The largest absolute Gasteiger partial charge is 0.493 e. The number of para-hydroxylation sites is 1. The molecule has 1 aliphatic rings. The van der Waals surface area contributed by atoms with Crippen LogP contribution >= 0.6 is 0 Å². The normalized spacial score (nSPS) is 15.3. The summed E-state index contributed by atoms with van der Waals surface area (Å²) in [7, 11) is 1.58. The average molecular weight is 327 g/mol. The van der Waals surface area contributed by atoms with E-state index in [4.69, 9.17) is 14.2 Å². The van der Waals surface area contributed by atoms with E-state index in [9.17, 15) is 4.79 Å². The van der Waals surface area contributed by atoms with E-state index in [0.29, 0.717) is 30.2 Å². The van der Waals surface area contributed by atoms with Crippen LogP contribution in [0.5, 0.6) is 17.2 Å². The third kappa shape index (κ3) is 3.45. The summed E-state index contributed by atoms with van der Waals surface area (Å²) in [5, 5.41) is 2.92. The van der Waals surface area contributed by atoms with Crippen LogP contribution < -0.4 is 19.5 Å². The fourth-order valence-corrected chi connectivity index (χ4v) is 2.76. The van der Waals surface area contributed by atoms with Gasteiger partial charge in [0.15, 0.2) is 11.5 Å². The number of rotatable bonds is 6. The van der Waals surface area contributed by atoms with Crippen LogP contribution in [0.2, 0.25) is 0 Å². The first-order valence-electron chi connectivity index (χ1n) is 8.05. The molecule has 1 unspecified atom stereocenters. The lowest BCUT2D eigenvalue weighted by atomic mass is 10.1. The number of methoxy groups -OCH3 is 1.